The molecule has 2 aromatic rings. The van der Waals surface area contributed by atoms with Gasteiger partial charge in [0.2, 0.25) is 4.87 Å². The van der Waals surface area contributed by atoms with Gasteiger partial charge in [-0.15, -0.1) is 11.8 Å². The molecule has 2 amide bonds. The van der Waals surface area contributed by atoms with Crippen molar-refractivity contribution in [3.63, 3.8) is 0 Å². The number of hydrogen-bond acceptors (Lipinski definition) is 5. The van der Waals surface area contributed by atoms with E-state index in [1.54, 1.807) is 31.4 Å². The number of anilines is 2. The van der Waals surface area contributed by atoms with Crippen LogP contribution in [0.2, 0.25) is 0 Å². The summed E-state index contributed by atoms with van der Waals surface area (Å²) in [5.41, 5.74) is 5.08. The molecule has 1 spiro atoms. The largest absolute Gasteiger partial charge is 0.497 e. The number of para-hydroxylation sites is 1. The zero-order valence-electron chi connectivity index (χ0n) is 14.3. The number of methoxy groups -OCH3 is 1. The minimum Gasteiger partial charge on any atom is -0.497 e. The van der Waals surface area contributed by atoms with Crippen LogP contribution in [0.1, 0.15) is 5.56 Å². The molecule has 2 heterocycles. The lowest BCUT2D eigenvalue weighted by molar-refractivity contribution is -0.138. The second-order valence-corrected chi connectivity index (χ2v) is 7.53. The number of nitrogens with one attached hydrogen (secondary N) is 3. The lowest BCUT2D eigenvalue weighted by Crippen LogP contribution is -2.56. The van der Waals surface area contributed by atoms with Gasteiger partial charge in [0.15, 0.2) is 5.11 Å². The standard InChI is InChI=1S/C18H16N4O3S2/c1-25-12-8-6-11(7-9-12)19-17(26)21-22-15(23)10-27-18(22)13-4-2-3-5-14(13)20-16(18)24/h2-9H,10H2,1H3,(H,20,24)(H2,19,21,26). The third kappa shape index (κ3) is 2.88. The third-order valence-corrected chi connectivity index (χ3v) is 5.97. The second-order valence-electron chi connectivity index (χ2n) is 5.96. The SMILES string of the molecule is COc1ccc(NC(=S)NN2C(=O)CSC23C(=O)Nc2ccccc23)cc1. The summed E-state index contributed by atoms with van der Waals surface area (Å²) in [5, 5.41) is 7.39. The molecule has 1 atom stereocenters. The van der Waals surface area contributed by atoms with Crippen molar-refractivity contribution >= 4 is 52.3 Å². The van der Waals surface area contributed by atoms with Crippen LogP contribution < -0.4 is 20.8 Å². The summed E-state index contributed by atoms with van der Waals surface area (Å²) in [6, 6.07) is 14.5. The van der Waals surface area contributed by atoms with Gasteiger partial charge in [0.1, 0.15) is 5.75 Å². The predicted octanol–water partition coefficient (Wildman–Crippen LogP) is 2.28. The highest BCUT2D eigenvalue weighted by Gasteiger charge is 2.58. The molecule has 0 radical (unpaired) electrons. The van der Waals surface area contributed by atoms with Crippen LogP contribution in [0.4, 0.5) is 11.4 Å². The summed E-state index contributed by atoms with van der Waals surface area (Å²) < 4.78 is 5.13. The van der Waals surface area contributed by atoms with Gasteiger partial charge >= 0.3 is 0 Å². The normalized spacial score (nSPS) is 20.4. The Labute approximate surface area is 165 Å². The molecule has 27 heavy (non-hydrogen) atoms. The first-order valence-electron chi connectivity index (χ1n) is 8.14. The van der Waals surface area contributed by atoms with Crippen LogP contribution in [-0.4, -0.2) is 34.8 Å². The fourth-order valence-electron chi connectivity index (χ4n) is 3.13. The van der Waals surface area contributed by atoms with Crippen molar-refractivity contribution in [2.45, 2.75) is 4.87 Å². The van der Waals surface area contributed by atoms with Crippen molar-refractivity contribution in [1.29, 1.82) is 0 Å². The summed E-state index contributed by atoms with van der Waals surface area (Å²) in [6.45, 7) is 0. The van der Waals surface area contributed by atoms with Gasteiger partial charge in [0, 0.05) is 16.9 Å². The Morgan fingerprint density at radius 2 is 1.96 bits per heavy atom. The van der Waals surface area contributed by atoms with Gasteiger partial charge in [-0.3, -0.25) is 15.0 Å². The van der Waals surface area contributed by atoms with Crippen LogP contribution in [0.5, 0.6) is 5.75 Å². The maximum absolute atomic E-state index is 12.8. The number of fused-ring (bicyclic) bond motifs is 2. The quantitative estimate of drug-likeness (QED) is 0.682. The minimum absolute atomic E-state index is 0.180. The maximum Gasteiger partial charge on any atom is 0.267 e. The van der Waals surface area contributed by atoms with E-state index in [4.69, 9.17) is 17.0 Å². The number of hydrazine groups is 1. The second kappa shape index (κ2) is 6.75. The number of hydrogen-bond donors (Lipinski definition) is 3. The molecule has 9 heteroatoms. The fourth-order valence-corrected chi connectivity index (χ4v) is 4.59. The van der Waals surface area contributed by atoms with Crippen LogP contribution in [0.25, 0.3) is 0 Å². The average molecular weight is 400 g/mol. The zero-order valence-corrected chi connectivity index (χ0v) is 15.9. The highest BCUT2D eigenvalue weighted by Crippen LogP contribution is 2.51. The van der Waals surface area contributed by atoms with Crippen molar-refractivity contribution in [2.75, 3.05) is 23.5 Å². The monoisotopic (exact) mass is 400 g/mol. The molecule has 1 fully saturated rings. The molecule has 0 aromatic heterocycles. The van der Waals surface area contributed by atoms with E-state index in [1.165, 1.54) is 16.8 Å². The Bertz CT molecular complexity index is 934. The van der Waals surface area contributed by atoms with Crippen LogP contribution in [0.15, 0.2) is 48.5 Å². The van der Waals surface area contributed by atoms with E-state index in [2.05, 4.69) is 16.1 Å². The van der Waals surface area contributed by atoms with Gasteiger partial charge in [-0.25, -0.2) is 5.01 Å². The Hall–Kier alpha value is -2.78. The van der Waals surface area contributed by atoms with Crippen molar-refractivity contribution in [1.82, 2.24) is 10.4 Å². The molecular weight excluding hydrogens is 384 g/mol. The summed E-state index contributed by atoms with van der Waals surface area (Å²) in [6.07, 6.45) is 0. The summed E-state index contributed by atoms with van der Waals surface area (Å²) in [4.78, 5) is 24.1. The molecule has 7 nitrogen and oxygen atoms in total. The number of ether oxygens (including phenoxy) is 1. The number of thioether (sulfide) groups is 1. The topological polar surface area (TPSA) is 82.7 Å². The number of carbonyl (C=O) groups is 2. The first kappa shape index (κ1) is 17.6. The molecule has 2 aliphatic heterocycles. The van der Waals surface area contributed by atoms with Crippen LogP contribution in [-0.2, 0) is 14.5 Å². The number of nitrogens with zero attached hydrogens (tertiary/aromatic N) is 1. The number of thiocarbonyl (C=S) groups is 1. The van der Waals surface area contributed by atoms with Gasteiger partial charge in [-0.2, -0.15) is 0 Å². The third-order valence-electron chi connectivity index (χ3n) is 4.38. The fraction of sp³-hybridized carbons (Fsp3) is 0.167. The van der Waals surface area contributed by atoms with E-state index in [-0.39, 0.29) is 22.7 Å². The van der Waals surface area contributed by atoms with Gasteiger partial charge in [0.05, 0.1) is 12.9 Å². The smallest absolute Gasteiger partial charge is 0.267 e. The van der Waals surface area contributed by atoms with E-state index in [9.17, 15) is 9.59 Å². The molecule has 0 bridgehead atoms. The molecule has 0 aliphatic carbocycles. The first-order chi connectivity index (χ1) is 13.0. The van der Waals surface area contributed by atoms with E-state index in [0.29, 0.717) is 5.69 Å². The van der Waals surface area contributed by atoms with Crippen molar-refractivity contribution in [3.05, 3.63) is 54.1 Å². The molecule has 138 valence electrons. The number of rotatable bonds is 3. The Kier molecular flexibility index (Phi) is 4.40. The maximum atomic E-state index is 12.8. The predicted molar refractivity (Wildman–Crippen MR) is 108 cm³/mol. The highest BCUT2D eigenvalue weighted by atomic mass is 32.2. The summed E-state index contributed by atoms with van der Waals surface area (Å²) in [5.74, 6) is 0.425. The molecule has 1 saturated heterocycles. The van der Waals surface area contributed by atoms with E-state index in [1.807, 2.05) is 24.3 Å². The molecule has 4 rings (SSSR count). The van der Waals surface area contributed by atoms with Gasteiger partial charge in [-0.05, 0) is 42.5 Å². The number of amides is 2. The van der Waals surface area contributed by atoms with Crippen molar-refractivity contribution in [2.24, 2.45) is 0 Å². The van der Waals surface area contributed by atoms with Crippen LogP contribution >= 0.6 is 24.0 Å². The van der Waals surface area contributed by atoms with Crippen molar-refractivity contribution < 1.29 is 14.3 Å². The minimum atomic E-state index is -1.17. The molecule has 2 aromatic carbocycles. The summed E-state index contributed by atoms with van der Waals surface area (Å²) >= 11 is 6.63. The summed E-state index contributed by atoms with van der Waals surface area (Å²) in [7, 11) is 1.59. The van der Waals surface area contributed by atoms with E-state index in [0.717, 1.165) is 17.0 Å². The lowest BCUT2D eigenvalue weighted by Gasteiger charge is -2.32. The average Bonchev–Trinajstić information content (AvgIpc) is 3.15. The molecule has 0 saturated carbocycles. The molecule has 3 N–H and O–H groups in total. The zero-order chi connectivity index (χ0) is 19.0. The first-order valence-corrected chi connectivity index (χ1v) is 9.53. The lowest BCUT2D eigenvalue weighted by atomic mass is 10.1. The van der Waals surface area contributed by atoms with E-state index >= 15 is 0 Å². The Morgan fingerprint density at radius 3 is 2.70 bits per heavy atom. The highest BCUT2D eigenvalue weighted by molar-refractivity contribution is 8.02. The van der Waals surface area contributed by atoms with Crippen molar-refractivity contribution in [3.8, 4) is 5.75 Å². The van der Waals surface area contributed by atoms with Gasteiger partial charge in [-0.1, -0.05) is 18.2 Å². The molecule has 1 unspecified atom stereocenters. The molecular formula is C18H16N4O3S2. The number of benzene rings is 2. The Morgan fingerprint density at radius 1 is 1.22 bits per heavy atom. The van der Waals surface area contributed by atoms with Crippen LogP contribution in [0.3, 0.4) is 0 Å². The number of carbonyl (C=O) groups excluding carboxylic acids is 2. The Balaban J connectivity index is 1.57. The van der Waals surface area contributed by atoms with Crippen LogP contribution in [0, 0.1) is 0 Å². The van der Waals surface area contributed by atoms with E-state index < -0.39 is 4.87 Å². The van der Waals surface area contributed by atoms with Gasteiger partial charge in [0.25, 0.3) is 11.8 Å². The van der Waals surface area contributed by atoms with Gasteiger partial charge < -0.3 is 15.4 Å². The molecule has 2 aliphatic rings.